The monoisotopic (exact) mass is 346 g/mol. The van der Waals surface area contributed by atoms with Crippen LogP contribution in [-0.2, 0) is 16.8 Å². The van der Waals surface area contributed by atoms with Gasteiger partial charge in [0, 0.05) is 0 Å². The molecule has 2 aromatic rings. The summed E-state index contributed by atoms with van der Waals surface area (Å²) in [5.41, 5.74) is 1.90. The molecule has 0 aliphatic carbocycles. The summed E-state index contributed by atoms with van der Waals surface area (Å²) in [6.45, 7) is 5.39. The van der Waals surface area contributed by atoms with Crippen molar-refractivity contribution in [2.24, 2.45) is 0 Å². The molecule has 0 saturated carbocycles. The Morgan fingerprint density at radius 3 is 2.17 bits per heavy atom. The van der Waals surface area contributed by atoms with Gasteiger partial charge in [0.2, 0.25) is 5.91 Å². The molecule has 1 atom stereocenters. The highest BCUT2D eigenvalue weighted by atomic mass is 35.5. The lowest BCUT2D eigenvalue weighted by atomic mass is 9.85. The van der Waals surface area contributed by atoms with Gasteiger partial charge in [-0.1, -0.05) is 67.6 Å². The van der Waals surface area contributed by atoms with E-state index in [1.54, 1.807) is 0 Å². The summed E-state index contributed by atoms with van der Waals surface area (Å²) < 4.78 is 0. The first-order valence-corrected chi connectivity index (χ1v) is 8.25. The Labute approximate surface area is 151 Å². The van der Waals surface area contributed by atoms with E-state index in [1.165, 1.54) is 5.56 Å². The quantitative estimate of drug-likeness (QED) is 0.716. The van der Waals surface area contributed by atoms with Crippen LogP contribution in [0.3, 0.4) is 0 Å². The molecular formula is C20H27ClN2O. The number of halogens is 1. The molecule has 0 heterocycles. The Morgan fingerprint density at radius 1 is 1.00 bits per heavy atom. The highest BCUT2D eigenvalue weighted by Crippen LogP contribution is 2.25. The molecule has 0 radical (unpaired) electrons. The lowest BCUT2D eigenvalue weighted by molar-refractivity contribution is -0.122. The van der Waals surface area contributed by atoms with Crippen LogP contribution in [0.4, 0.5) is 0 Å². The van der Waals surface area contributed by atoms with Gasteiger partial charge < -0.3 is 10.6 Å². The highest BCUT2D eigenvalue weighted by Gasteiger charge is 2.28. The maximum absolute atomic E-state index is 12.3. The number of hydrogen-bond donors (Lipinski definition) is 2. The number of carbonyl (C=O) groups is 1. The first kappa shape index (κ1) is 20.2. The van der Waals surface area contributed by atoms with Crippen LogP contribution in [0.15, 0.2) is 60.7 Å². The van der Waals surface area contributed by atoms with Gasteiger partial charge in [-0.15, -0.1) is 12.4 Å². The lowest BCUT2D eigenvalue weighted by Crippen LogP contribution is -2.48. The van der Waals surface area contributed by atoms with Crippen LogP contribution in [0.25, 0.3) is 0 Å². The molecule has 130 valence electrons. The zero-order valence-corrected chi connectivity index (χ0v) is 15.2. The standard InChI is InChI=1S/C20H26N2O.ClH/c1-3-14-21-16-19(23)22-20(2,18-12-8-5-9-13-18)15-17-10-6-4-7-11-17;/h4-13,21H,3,14-16H2,1-2H3,(H,22,23);1H. The van der Waals surface area contributed by atoms with Crippen molar-refractivity contribution in [2.75, 3.05) is 13.1 Å². The summed E-state index contributed by atoms with van der Waals surface area (Å²) in [5.74, 6) is 0.0285. The normalized spacial score (nSPS) is 12.8. The first-order valence-electron chi connectivity index (χ1n) is 8.25. The van der Waals surface area contributed by atoms with Crippen LogP contribution in [0, 0.1) is 0 Å². The van der Waals surface area contributed by atoms with E-state index < -0.39 is 5.54 Å². The topological polar surface area (TPSA) is 41.1 Å². The van der Waals surface area contributed by atoms with Crippen molar-refractivity contribution in [2.45, 2.75) is 32.2 Å². The molecule has 24 heavy (non-hydrogen) atoms. The van der Waals surface area contributed by atoms with Crippen molar-refractivity contribution < 1.29 is 4.79 Å². The third-order valence-electron chi connectivity index (χ3n) is 3.94. The molecule has 0 aromatic heterocycles. The fraction of sp³-hybridized carbons (Fsp3) is 0.350. The first-order chi connectivity index (χ1) is 11.1. The Morgan fingerprint density at radius 2 is 1.58 bits per heavy atom. The van der Waals surface area contributed by atoms with Crippen LogP contribution in [0.1, 0.15) is 31.4 Å². The molecule has 2 aromatic carbocycles. The van der Waals surface area contributed by atoms with Gasteiger partial charge >= 0.3 is 0 Å². The van der Waals surface area contributed by atoms with Crippen LogP contribution >= 0.6 is 12.4 Å². The van der Waals surface area contributed by atoms with Gasteiger partial charge in [-0.2, -0.15) is 0 Å². The molecule has 0 fully saturated rings. The molecule has 2 N–H and O–H groups in total. The fourth-order valence-electron chi connectivity index (χ4n) is 2.76. The second kappa shape index (κ2) is 10.1. The summed E-state index contributed by atoms with van der Waals surface area (Å²) in [4.78, 5) is 12.3. The average Bonchev–Trinajstić information content (AvgIpc) is 2.57. The predicted octanol–water partition coefficient (Wildman–Crippen LogP) is 3.68. The van der Waals surface area contributed by atoms with Crippen molar-refractivity contribution >= 4 is 18.3 Å². The van der Waals surface area contributed by atoms with Crippen molar-refractivity contribution in [3.63, 3.8) is 0 Å². The number of rotatable bonds is 8. The lowest BCUT2D eigenvalue weighted by Gasteiger charge is -2.32. The molecule has 1 amide bonds. The molecular weight excluding hydrogens is 320 g/mol. The minimum atomic E-state index is -0.423. The van der Waals surface area contributed by atoms with E-state index in [0.717, 1.165) is 24.9 Å². The van der Waals surface area contributed by atoms with Crippen molar-refractivity contribution in [1.29, 1.82) is 0 Å². The predicted molar refractivity (Wildman–Crippen MR) is 102 cm³/mol. The minimum absolute atomic E-state index is 0. The van der Waals surface area contributed by atoms with E-state index in [2.05, 4.69) is 48.7 Å². The molecule has 0 spiro atoms. The van der Waals surface area contributed by atoms with Crippen molar-refractivity contribution in [3.05, 3.63) is 71.8 Å². The second-order valence-electron chi connectivity index (χ2n) is 6.09. The summed E-state index contributed by atoms with van der Waals surface area (Å²) >= 11 is 0. The summed E-state index contributed by atoms with van der Waals surface area (Å²) in [6, 6.07) is 20.4. The van der Waals surface area contributed by atoms with E-state index in [1.807, 2.05) is 36.4 Å². The molecule has 1 unspecified atom stereocenters. The van der Waals surface area contributed by atoms with Gasteiger partial charge in [0.25, 0.3) is 0 Å². The Hall–Kier alpha value is -1.84. The second-order valence-corrected chi connectivity index (χ2v) is 6.09. The van der Waals surface area contributed by atoms with Gasteiger partial charge in [0.15, 0.2) is 0 Å². The van der Waals surface area contributed by atoms with Gasteiger partial charge in [0.1, 0.15) is 0 Å². The van der Waals surface area contributed by atoms with Gasteiger partial charge in [-0.05, 0) is 37.4 Å². The molecule has 0 aliphatic rings. The van der Waals surface area contributed by atoms with E-state index in [9.17, 15) is 4.79 Å². The van der Waals surface area contributed by atoms with Crippen molar-refractivity contribution in [1.82, 2.24) is 10.6 Å². The van der Waals surface area contributed by atoms with E-state index >= 15 is 0 Å². The average molecular weight is 347 g/mol. The smallest absolute Gasteiger partial charge is 0.234 e. The Bertz CT molecular complexity index is 604. The summed E-state index contributed by atoms with van der Waals surface area (Å²) in [5, 5.41) is 6.38. The van der Waals surface area contributed by atoms with Crippen LogP contribution in [0.2, 0.25) is 0 Å². The largest absolute Gasteiger partial charge is 0.345 e. The van der Waals surface area contributed by atoms with E-state index in [-0.39, 0.29) is 18.3 Å². The SMILES string of the molecule is CCCNCC(=O)NC(C)(Cc1ccccc1)c1ccccc1.Cl. The maximum atomic E-state index is 12.3. The Kier molecular flexibility index (Phi) is 8.51. The van der Waals surface area contributed by atoms with Gasteiger partial charge in [-0.25, -0.2) is 0 Å². The van der Waals surface area contributed by atoms with Gasteiger partial charge in [0.05, 0.1) is 12.1 Å². The van der Waals surface area contributed by atoms with Crippen LogP contribution in [-0.4, -0.2) is 19.0 Å². The van der Waals surface area contributed by atoms with E-state index in [0.29, 0.717) is 6.54 Å². The van der Waals surface area contributed by atoms with Crippen LogP contribution in [0.5, 0.6) is 0 Å². The molecule has 2 rings (SSSR count). The number of benzene rings is 2. The fourth-order valence-corrected chi connectivity index (χ4v) is 2.76. The molecule has 3 nitrogen and oxygen atoms in total. The van der Waals surface area contributed by atoms with E-state index in [4.69, 9.17) is 0 Å². The van der Waals surface area contributed by atoms with Crippen LogP contribution < -0.4 is 10.6 Å². The number of amides is 1. The zero-order valence-electron chi connectivity index (χ0n) is 14.4. The summed E-state index contributed by atoms with van der Waals surface area (Å²) in [6.07, 6.45) is 1.78. The molecule has 0 saturated heterocycles. The molecule has 4 heteroatoms. The third kappa shape index (κ3) is 5.99. The molecule has 0 aliphatic heterocycles. The number of hydrogen-bond acceptors (Lipinski definition) is 2. The summed E-state index contributed by atoms with van der Waals surface area (Å²) in [7, 11) is 0. The highest BCUT2D eigenvalue weighted by molar-refractivity contribution is 5.85. The number of carbonyl (C=O) groups excluding carboxylic acids is 1. The Balaban J connectivity index is 0.00000288. The number of nitrogens with one attached hydrogen (secondary N) is 2. The third-order valence-corrected chi connectivity index (χ3v) is 3.94. The maximum Gasteiger partial charge on any atom is 0.234 e. The van der Waals surface area contributed by atoms with Crippen molar-refractivity contribution in [3.8, 4) is 0 Å². The molecule has 0 bridgehead atoms. The van der Waals surface area contributed by atoms with Gasteiger partial charge in [-0.3, -0.25) is 4.79 Å². The zero-order chi connectivity index (χ0) is 16.5. The minimum Gasteiger partial charge on any atom is -0.345 e.